The predicted molar refractivity (Wildman–Crippen MR) is 71.8 cm³/mol. The van der Waals surface area contributed by atoms with Crippen molar-refractivity contribution in [1.29, 1.82) is 0 Å². The molecule has 0 fully saturated rings. The number of aliphatic hydroxyl groups is 1. The molecule has 2 rings (SSSR count). The maximum Gasteiger partial charge on any atom is 0.371 e. The lowest BCUT2D eigenvalue weighted by Crippen LogP contribution is -2.04. The van der Waals surface area contributed by atoms with E-state index < -0.39 is 17.5 Å². The lowest BCUT2D eigenvalue weighted by Gasteiger charge is -1.96. The minimum absolute atomic E-state index is 0.141. The van der Waals surface area contributed by atoms with Crippen molar-refractivity contribution in [2.75, 3.05) is 0 Å². The summed E-state index contributed by atoms with van der Waals surface area (Å²) in [7, 11) is 0. The standard InChI is InChI=1S/C13H10N2O4S/c16-10(6-11(17)13(18)19)12-15-9(7-20-12)5-8-1-3-14-4-2-8/h1-4,6-7,17H,5H2,(H,18,19). The van der Waals surface area contributed by atoms with E-state index >= 15 is 0 Å². The number of carboxylic acid groups (broad SMARTS) is 1. The van der Waals surface area contributed by atoms with E-state index in [0.717, 1.165) is 16.9 Å². The molecule has 0 saturated carbocycles. The van der Waals surface area contributed by atoms with E-state index in [2.05, 4.69) is 9.97 Å². The van der Waals surface area contributed by atoms with Crippen LogP contribution >= 0.6 is 11.3 Å². The van der Waals surface area contributed by atoms with Gasteiger partial charge >= 0.3 is 5.97 Å². The second-order valence-electron chi connectivity index (χ2n) is 3.88. The summed E-state index contributed by atoms with van der Waals surface area (Å²) in [4.78, 5) is 30.1. The molecule has 0 bridgehead atoms. The summed E-state index contributed by atoms with van der Waals surface area (Å²) in [6, 6.07) is 3.69. The summed E-state index contributed by atoms with van der Waals surface area (Å²) in [6.45, 7) is 0. The molecule has 2 heterocycles. The van der Waals surface area contributed by atoms with Crippen LogP contribution in [-0.2, 0) is 11.2 Å². The fourth-order valence-corrected chi connectivity index (χ4v) is 2.19. The number of carboxylic acids is 1. The fourth-order valence-electron chi connectivity index (χ4n) is 1.46. The Morgan fingerprint density at radius 2 is 1.95 bits per heavy atom. The van der Waals surface area contributed by atoms with Crippen LogP contribution in [0.15, 0.2) is 41.7 Å². The predicted octanol–water partition coefficient (Wildman–Crippen LogP) is 1.84. The van der Waals surface area contributed by atoms with Crippen molar-refractivity contribution in [3.8, 4) is 0 Å². The summed E-state index contributed by atoms with van der Waals surface area (Å²) >= 11 is 1.11. The highest BCUT2D eigenvalue weighted by atomic mass is 32.1. The topological polar surface area (TPSA) is 100 Å². The van der Waals surface area contributed by atoms with Gasteiger partial charge in [-0.05, 0) is 17.7 Å². The van der Waals surface area contributed by atoms with Gasteiger partial charge in [0, 0.05) is 30.3 Å². The first-order valence-corrected chi connectivity index (χ1v) is 6.46. The van der Waals surface area contributed by atoms with Crippen LogP contribution in [0.4, 0.5) is 0 Å². The third kappa shape index (κ3) is 3.48. The molecule has 0 aliphatic heterocycles. The van der Waals surface area contributed by atoms with Crippen LogP contribution in [0.3, 0.4) is 0 Å². The van der Waals surface area contributed by atoms with Gasteiger partial charge in [0.05, 0.1) is 5.69 Å². The molecule has 20 heavy (non-hydrogen) atoms. The zero-order chi connectivity index (χ0) is 14.5. The number of carbonyl (C=O) groups is 2. The molecule has 0 radical (unpaired) electrons. The summed E-state index contributed by atoms with van der Waals surface area (Å²) in [6.07, 6.45) is 4.54. The number of rotatable bonds is 5. The molecule has 0 aromatic carbocycles. The van der Waals surface area contributed by atoms with Crippen LogP contribution in [0.25, 0.3) is 0 Å². The van der Waals surface area contributed by atoms with E-state index in [9.17, 15) is 9.59 Å². The van der Waals surface area contributed by atoms with Gasteiger partial charge in [-0.3, -0.25) is 9.78 Å². The van der Waals surface area contributed by atoms with Crippen LogP contribution < -0.4 is 0 Å². The largest absolute Gasteiger partial charge is 0.502 e. The molecular weight excluding hydrogens is 280 g/mol. The van der Waals surface area contributed by atoms with Crippen molar-refractivity contribution in [2.45, 2.75) is 6.42 Å². The number of aliphatic carboxylic acids is 1. The molecule has 0 unspecified atom stereocenters. The van der Waals surface area contributed by atoms with E-state index in [1.54, 1.807) is 17.8 Å². The second-order valence-corrected chi connectivity index (χ2v) is 4.73. The normalized spacial score (nSPS) is 11.3. The molecule has 7 heteroatoms. The van der Waals surface area contributed by atoms with Crippen molar-refractivity contribution in [3.05, 3.63) is 58.0 Å². The SMILES string of the molecule is O=C(O)C(O)=CC(=O)c1nc(Cc2ccncc2)cs1. The van der Waals surface area contributed by atoms with Crippen LogP contribution in [0, 0.1) is 0 Å². The van der Waals surface area contributed by atoms with Crippen molar-refractivity contribution in [1.82, 2.24) is 9.97 Å². The highest BCUT2D eigenvalue weighted by Crippen LogP contribution is 2.15. The minimum atomic E-state index is -1.55. The molecule has 0 amide bonds. The van der Waals surface area contributed by atoms with E-state index in [-0.39, 0.29) is 5.01 Å². The Hall–Kier alpha value is -2.54. The van der Waals surface area contributed by atoms with Gasteiger partial charge in [-0.25, -0.2) is 9.78 Å². The van der Waals surface area contributed by atoms with Crippen LogP contribution in [-0.4, -0.2) is 31.9 Å². The lowest BCUT2D eigenvalue weighted by molar-refractivity contribution is -0.135. The number of carbonyl (C=O) groups excluding carboxylic acids is 1. The Morgan fingerprint density at radius 3 is 2.60 bits per heavy atom. The van der Waals surface area contributed by atoms with Crippen molar-refractivity contribution < 1.29 is 19.8 Å². The molecule has 6 nitrogen and oxygen atoms in total. The third-order valence-electron chi connectivity index (χ3n) is 2.38. The number of pyridine rings is 1. The van der Waals surface area contributed by atoms with Gasteiger partial charge in [0.2, 0.25) is 11.5 Å². The Labute approximate surface area is 118 Å². The van der Waals surface area contributed by atoms with E-state index in [0.29, 0.717) is 18.2 Å². The zero-order valence-electron chi connectivity index (χ0n) is 10.2. The summed E-state index contributed by atoms with van der Waals surface area (Å²) in [5, 5.41) is 19.4. The quantitative estimate of drug-likeness (QED) is 0.495. The zero-order valence-corrected chi connectivity index (χ0v) is 11.0. The second kappa shape index (κ2) is 6.07. The van der Waals surface area contributed by atoms with Gasteiger partial charge in [0.1, 0.15) is 0 Å². The molecule has 0 spiro atoms. The number of hydrogen-bond acceptors (Lipinski definition) is 6. The molecule has 2 aromatic rings. The Balaban J connectivity index is 2.11. The van der Waals surface area contributed by atoms with E-state index in [1.807, 2.05) is 12.1 Å². The Bertz CT molecular complexity index is 664. The van der Waals surface area contributed by atoms with E-state index in [4.69, 9.17) is 10.2 Å². The number of hydrogen-bond donors (Lipinski definition) is 2. The number of aliphatic hydroxyl groups excluding tert-OH is 1. The molecule has 2 N–H and O–H groups in total. The van der Waals surface area contributed by atoms with Crippen LogP contribution in [0.5, 0.6) is 0 Å². The number of aromatic nitrogens is 2. The van der Waals surface area contributed by atoms with Gasteiger partial charge < -0.3 is 10.2 Å². The maximum atomic E-state index is 11.7. The van der Waals surface area contributed by atoms with Crippen LogP contribution in [0.2, 0.25) is 0 Å². The first kappa shape index (κ1) is 13.9. The van der Waals surface area contributed by atoms with Crippen molar-refractivity contribution in [2.24, 2.45) is 0 Å². The summed E-state index contributed by atoms with van der Waals surface area (Å²) in [5.41, 5.74) is 1.71. The molecule has 102 valence electrons. The minimum Gasteiger partial charge on any atom is -0.502 e. The Kier molecular flexibility index (Phi) is 4.21. The molecule has 0 saturated heterocycles. The molecule has 2 aromatic heterocycles. The van der Waals surface area contributed by atoms with Gasteiger partial charge in [-0.15, -0.1) is 11.3 Å². The van der Waals surface area contributed by atoms with Crippen molar-refractivity contribution >= 4 is 23.1 Å². The summed E-state index contributed by atoms with van der Waals surface area (Å²) < 4.78 is 0. The number of thiazole rings is 1. The maximum absolute atomic E-state index is 11.7. The van der Waals surface area contributed by atoms with Crippen molar-refractivity contribution in [3.63, 3.8) is 0 Å². The van der Waals surface area contributed by atoms with Gasteiger partial charge in [-0.2, -0.15) is 0 Å². The first-order chi connectivity index (χ1) is 9.56. The van der Waals surface area contributed by atoms with Crippen LogP contribution in [0.1, 0.15) is 21.1 Å². The average molecular weight is 290 g/mol. The number of nitrogens with zero attached hydrogens (tertiary/aromatic N) is 2. The summed E-state index contributed by atoms with van der Waals surface area (Å²) in [5.74, 6) is -3.18. The highest BCUT2D eigenvalue weighted by Gasteiger charge is 2.13. The Morgan fingerprint density at radius 1 is 1.25 bits per heavy atom. The monoisotopic (exact) mass is 290 g/mol. The lowest BCUT2D eigenvalue weighted by atomic mass is 10.2. The molecule has 0 aliphatic rings. The van der Waals surface area contributed by atoms with Gasteiger partial charge in [-0.1, -0.05) is 0 Å². The molecule has 0 atom stereocenters. The van der Waals surface area contributed by atoms with Gasteiger partial charge in [0.15, 0.2) is 5.01 Å². The smallest absolute Gasteiger partial charge is 0.371 e. The van der Waals surface area contributed by atoms with Gasteiger partial charge in [0.25, 0.3) is 0 Å². The fraction of sp³-hybridized carbons (Fsp3) is 0.0769. The first-order valence-electron chi connectivity index (χ1n) is 5.58. The average Bonchev–Trinajstić information content (AvgIpc) is 2.88. The molecular formula is C13H10N2O4S. The number of allylic oxidation sites excluding steroid dienone is 1. The van der Waals surface area contributed by atoms with E-state index in [1.165, 1.54) is 0 Å². The third-order valence-corrected chi connectivity index (χ3v) is 3.29. The molecule has 0 aliphatic carbocycles. The highest BCUT2D eigenvalue weighted by molar-refractivity contribution is 7.11. The number of ketones is 1.